The summed E-state index contributed by atoms with van der Waals surface area (Å²) in [5.74, 6) is 0.0615. The predicted octanol–water partition coefficient (Wildman–Crippen LogP) is 2.21. The van der Waals surface area contributed by atoms with Gasteiger partial charge < -0.3 is 14.5 Å². The van der Waals surface area contributed by atoms with Gasteiger partial charge in [-0.25, -0.2) is 0 Å². The van der Waals surface area contributed by atoms with E-state index in [2.05, 4.69) is 0 Å². The molecule has 2 saturated heterocycles. The van der Waals surface area contributed by atoms with Crippen molar-refractivity contribution in [3.8, 4) is 0 Å². The van der Waals surface area contributed by atoms with Crippen LogP contribution in [0.3, 0.4) is 0 Å². The van der Waals surface area contributed by atoms with E-state index in [1.807, 2.05) is 37.3 Å². The highest BCUT2D eigenvalue weighted by Crippen LogP contribution is 2.25. The van der Waals surface area contributed by atoms with Crippen LogP contribution in [-0.4, -0.2) is 48.6 Å². The molecule has 5 nitrogen and oxygen atoms in total. The molecule has 23 heavy (non-hydrogen) atoms. The average Bonchev–Trinajstić information content (AvgIpc) is 3.20. The van der Waals surface area contributed by atoms with Gasteiger partial charge in [0.25, 0.3) is 0 Å². The van der Waals surface area contributed by atoms with Crippen LogP contribution in [0, 0.1) is 0 Å². The lowest BCUT2D eigenvalue weighted by atomic mass is 10.1. The quantitative estimate of drug-likeness (QED) is 0.837. The van der Waals surface area contributed by atoms with Crippen molar-refractivity contribution in [3.05, 3.63) is 30.3 Å². The summed E-state index contributed by atoms with van der Waals surface area (Å²) in [4.78, 5) is 28.8. The molecule has 0 radical (unpaired) electrons. The van der Waals surface area contributed by atoms with E-state index in [9.17, 15) is 9.59 Å². The first kappa shape index (κ1) is 16.0. The second-order valence-electron chi connectivity index (χ2n) is 6.15. The number of para-hydroxylation sites is 1. The summed E-state index contributed by atoms with van der Waals surface area (Å²) in [6, 6.07) is 9.32. The van der Waals surface area contributed by atoms with Crippen molar-refractivity contribution in [2.75, 3.05) is 24.6 Å². The first-order valence-electron chi connectivity index (χ1n) is 8.48. The third kappa shape index (κ3) is 3.39. The minimum Gasteiger partial charge on any atom is -0.378 e. The average molecular weight is 316 g/mol. The van der Waals surface area contributed by atoms with Crippen LogP contribution in [0.1, 0.15) is 32.6 Å². The summed E-state index contributed by atoms with van der Waals surface area (Å²) in [6.07, 6.45) is 3.08. The van der Waals surface area contributed by atoms with Gasteiger partial charge in [0.2, 0.25) is 11.8 Å². The second kappa shape index (κ2) is 7.13. The molecule has 0 aromatic heterocycles. The van der Waals surface area contributed by atoms with E-state index in [1.165, 1.54) is 0 Å². The maximum absolute atomic E-state index is 12.7. The molecule has 0 saturated carbocycles. The molecule has 0 spiro atoms. The zero-order valence-electron chi connectivity index (χ0n) is 13.6. The molecule has 2 aliphatic heterocycles. The van der Waals surface area contributed by atoms with Gasteiger partial charge in [0, 0.05) is 25.4 Å². The fraction of sp³-hybridized carbons (Fsp3) is 0.556. The highest BCUT2D eigenvalue weighted by Gasteiger charge is 2.38. The normalized spacial score (nSPS) is 24.2. The van der Waals surface area contributed by atoms with Crippen molar-refractivity contribution in [1.82, 2.24) is 4.90 Å². The van der Waals surface area contributed by atoms with Crippen molar-refractivity contribution >= 4 is 17.5 Å². The Kier molecular flexibility index (Phi) is 4.96. The van der Waals surface area contributed by atoms with Crippen molar-refractivity contribution in [3.63, 3.8) is 0 Å². The molecule has 2 amide bonds. The number of rotatable bonds is 5. The van der Waals surface area contributed by atoms with Crippen molar-refractivity contribution in [1.29, 1.82) is 0 Å². The number of likely N-dealkylation sites (N-methyl/N-ethyl adjacent to an activating group) is 1. The van der Waals surface area contributed by atoms with E-state index in [-0.39, 0.29) is 24.0 Å². The van der Waals surface area contributed by atoms with Gasteiger partial charge in [0.15, 0.2) is 0 Å². The van der Waals surface area contributed by atoms with Gasteiger partial charge in [-0.15, -0.1) is 0 Å². The minimum atomic E-state index is -0.339. The van der Waals surface area contributed by atoms with Crippen LogP contribution < -0.4 is 4.90 Å². The number of benzene rings is 1. The minimum absolute atomic E-state index is 0.0262. The van der Waals surface area contributed by atoms with Gasteiger partial charge in [0.05, 0.1) is 12.5 Å². The van der Waals surface area contributed by atoms with Crippen LogP contribution in [0.15, 0.2) is 30.3 Å². The predicted molar refractivity (Wildman–Crippen MR) is 88.2 cm³/mol. The number of anilines is 1. The van der Waals surface area contributed by atoms with Gasteiger partial charge in [-0.3, -0.25) is 9.59 Å². The van der Waals surface area contributed by atoms with Crippen molar-refractivity contribution in [2.45, 2.75) is 44.8 Å². The van der Waals surface area contributed by atoms with Crippen LogP contribution in [0.2, 0.25) is 0 Å². The van der Waals surface area contributed by atoms with Gasteiger partial charge in [-0.2, -0.15) is 0 Å². The number of carbonyl (C=O) groups excluding carboxylic acids is 2. The smallest absolute Gasteiger partial charge is 0.249 e. The lowest BCUT2D eigenvalue weighted by Crippen LogP contribution is -2.46. The summed E-state index contributed by atoms with van der Waals surface area (Å²) < 4.78 is 5.56. The number of hydrogen-bond donors (Lipinski definition) is 0. The number of carbonyl (C=O) groups is 2. The number of ether oxygens (including phenoxy) is 1. The Bertz CT molecular complexity index is 555. The number of hydrogen-bond acceptors (Lipinski definition) is 3. The molecule has 124 valence electrons. The first-order valence-corrected chi connectivity index (χ1v) is 8.48. The van der Waals surface area contributed by atoms with Gasteiger partial charge >= 0.3 is 0 Å². The first-order chi connectivity index (χ1) is 11.2. The number of amides is 2. The Balaban J connectivity index is 1.67. The fourth-order valence-electron chi connectivity index (χ4n) is 3.51. The van der Waals surface area contributed by atoms with E-state index in [4.69, 9.17) is 4.74 Å². The fourth-order valence-corrected chi connectivity index (χ4v) is 3.51. The molecular weight excluding hydrogens is 292 g/mol. The monoisotopic (exact) mass is 316 g/mol. The Labute approximate surface area is 137 Å². The van der Waals surface area contributed by atoms with Crippen LogP contribution in [0.25, 0.3) is 0 Å². The molecule has 0 N–H and O–H groups in total. The van der Waals surface area contributed by atoms with Gasteiger partial charge in [-0.1, -0.05) is 18.2 Å². The Hall–Kier alpha value is -1.88. The molecule has 2 aliphatic rings. The highest BCUT2D eigenvalue weighted by molar-refractivity contribution is 6.01. The van der Waals surface area contributed by atoms with E-state index < -0.39 is 0 Å². The maximum atomic E-state index is 12.7. The lowest BCUT2D eigenvalue weighted by molar-refractivity contribution is -0.139. The second-order valence-corrected chi connectivity index (χ2v) is 6.15. The zero-order chi connectivity index (χ0) is 16.2. The van der Waals surface area contributed by atoms with E-state index in [0.29, 0.717) is 25.9 Å². The third-order valence-electron chi connectivity index (χ3n) is 4.71. The summed E-state index contributed by atoms with van der Waals surface area (Å²) in [7, 11) is 0. The van der Waals surface area contributed by atoms with Gasteiger partial charge in [-0.05, 0) is 38.3 Å². The maximum Gasteiger partial charge on any atom is 0.249 e. The van der Waals surface area contributed by atoms with Crippen LogP contribution in [0.4, 0.5) is 5.69 Å². The summed E-state index contributed by atoms with van der Waals surface area (Å²) in [5, 5.41) is 0. The summed E-state index contributed by atoms with van der Waals surface area (Å²) in [6.45, 7) is 3.90. The van der Waals surface area contributed by atoms with Crippen molar-refractivity contribution in [2.24, 2.45) is 0 Å². The molecule has 0 bridgehead atoms. The molecule has 2 fully saturated rings. The van der Waals surface area contributed by atoms with Crippen LogP contribution >= 0.6 is 0 Å². The Morgan fingerprint density at radius 2 is 2.09 bits per heavy atom. The van der Waals surface area contributed by atoms with E-state index in [1.54, 1.807) is 9.80 Å². The molecular formula is C18H24N2O3. The lowest BCUT2D eigenvalue weighted by Gasteiger charge is -2.28. The molecule has 2 heterocycles. The largest absolute Gasteiger partial charge is 0.378 e. The summed E-state index contributed by atoms with van der Waals surface area (Å²) in [5.41, 5.74) is 0.905. The third-order valence-corrected chi connectivity index (χ3v) is 4.71. The molecule has 5 heteroatoms. The van der Waals surface area contributed by atoms with Crippen LogP contribution in [0.5, 0.6) is 0 Å². The Morgan fingerprint density at radius 3 is 2.74 bits per heavy atom. The zero-order valence-corrected chi connectivity index (χ0v) is 13.6. The molecule has 1 aromatic rings. The molecule has 1 aromatic carbocycles. The Morgan fingerprint density at radius 1 is 1.30 bits per heavy atom. The molecule has 2 unspecified atom stereocenters. The molecule has 0 aliphatic carbocycles. The highest BCUT2D eigenvalue weighted by atomic mass is 16.5. The van der Waals surface area contributed by atoms with E-state index >= 15 is 0 Å². The molecule has 2 atom stereocenters. The SMILES string of the molecule is CCN(C(=O)CC1CCCO1)C1CCN(c2ccccc2)C1=O. The van der Waals surface area contributed by atoms with Crippen LogP contribution in [-0.2, 0) is 14.3 Å². The van der Waals surface area contributed by atoms with Gasteiger partial charge in [0.1, 0.15) is 6.04 Å². The standard InChI is InChI=1S/C18H24N2O3/c1-2-19(17(21)13-15-9-6-12-23-15)16-10-11-20(18(16)22)14-7-4-3-5-8-14/h3-5,7-8,15-16H,2,6,9-13H2,1H3. The molecule has 3 rings (SSSR count). The summed E-state index contributed by atoms with van der Waals surface area (Å²) >= 11 is 0. The topological polar surface area (TPSA) is 49.9 Å². The van der Waals surface area contributed by atoms with Crippen molar-refractivity contribution < 1.29 is 14.3 Å². The van der Waals surface area contributed by atoms with E-state index in [0.717, 1.165) is 25.1 Å². The number of nitrogens with zero attached hydrogens (tertiary/aromatic N) is 2.